The van der Waals surface area contributed by atoms with Crippen molar-refractivity contribution in [3.8, 4) is 0 Å². The third-order valence-corrected chi connectivity index (χ3v) is 2.25. The standard InChI is InChI=1S/C10H8N4O3/c11-10-8(5-12-13-10)9(15)6-1-3-7(4-2-6)14(16)17/h1-5H,(H3,11,12,13). The van der Waals surface area contributed by atoms with Crippen molar-refractivity contribution in [1.29, 1.82) is 0 Å². The average molecular weight is 232 g/mol. The van der Waals surface area contributed by atoms with Gasteiger partial charge in [0, 0.05) is 17.7 Å². The monoisotopic (exact) mass is 232 g/mol. The lowest BCUT2D eigenvalue weighted by Gasteiger charge is -1.98. The third-order valence-electron chi connectivity index (χ3n) is 2.25. The lowest BCUT2D eigenvalue weighted by Crippen LogP contribution is -2.03. The molecular weight excluding hydrogens is 224 g/mol. The van der Waals surface area contributed by atoms with Gasteiger partial charge in [0.15, 0.2) is 5.78 Å². The fourth-order valence-electron chi connectivity index (χ4n) is 1.37. The van der Waals surface area contributed by atoms with Crippen molar-refractivity contribution < 1.29 is 9.72 Å². The molecule has 0 spiro atoms. The first-order chi connectivity index (χ1) is 8.09. The van der Waals surface area contributed by atoms with Crippen LogP contribution in [-0.4, -0.2) is 20.9 Å². The molecule has 7 nitrogen and oxygen atoms in total. The molecule has 1 aromatic carbocycles. The SMILES string of the molecule is Nc1[nH]ncc1C(=O)c1ccc([N+](=O)[O-])cc1. The summed E-state index contributed by atoms with van der Waals surface area (Å²) in [6, 6.07) is 5.30. The number of carbonyl (C=O) groups excluding carboxylic acids is 1. The molecule has 1 aromatic heterocycles. The van der Waals surface area contributed by atoms with Gasteiger partial charge in [-0.2, -0.15) is 5.10 Å². The van der Waals surface area contributed by atoms with E-state index in [0.717, 1.165) is 0 Å². The molecule has 7 heteroatoms. The highest BCUT2D eigenvalue weighted by Gasteiger charge is 2.15. The number of benzene rings is 1. The highest BCUT2D eigenvalue weighted by Crippen LogP contribution is 2.17. The van der Waals surface area contributed by atoms with E-state index in [9.17, 15) is 14.9 Å². The highest BCUT2D eigenvalue weighted by molar-refractivity contribution is 6.11. The zero-order chi connectivity index (χ0) is 12.4. The van der Waals surface area contributed by atoms with Gasteiger partial charge in [-0.15, -0.1) is 0 Å². The molecule has 0 amide bonds. The summed E-state index contributed by atoms with van der Waals surface area (Å²) in [6.07, 6.45) is 1.32. The Balaban J connectivity index is 2.33. The second-order valence-corrected chi connectivity index (χ2v) is 3.33. The summed E-state index contributed by atoms with van der Waals surface area (Å²) in [5.41, 5.74) is 6.01. The van der Waals surface area contributed by atoms with Crippen LogP contribution >= 0.6 is 0 Å². The molecule has 0 aliphatic heterocycles. The number of non-ortho nitro benzene ring substituents is 1. The smallest absolute Gasteiger partial charge is 0.269 e. The van der Waals surface area contributed by atoms with E-state index in [-0.39, 0.29) is 22.9 Å². The summed E-state index contributed by atoms with van der Waals surface area (Å²) in [5, 5.41) is 16.5. The second kappa shape index (κ2) is 4.05. The molecule has 0 saturated heterocycles. The van der Waals surface area contributed by atoms with E-state index in [4.69, 9.17) is 5.73 Å². The van der Waals surface area contributed by atoms with Crippen molar-refractivity contribution >= 4 is 17.3 Å². The molecule has 0 bridgehead atoms. The molecule has 0 saturated carbocycles. The Morgan fingerprint density at radius 1 is 1.35 bits per heavy atom. The third kappa shape index (κ3) is 1.98. The van der Waals surface area contributed by atoms with E-state index in [2.05, 4.69) is 10.2 Å². The molecule has 2 rings (SSSR count). The van der Waals surface area contributed by atoms with Crippen molar-refractivity contribution in [1.82, 2.24) is 10.2 Å². The molecule has 0 radical (unpaired) electrons. The van der Waals surface area contributed by atoms with Gasteiger partial charge in [-0.3, -0.25) is 20.0 Å². The lowest BCUT2D eigenvalue weighted by molar-refractivity contribution is -0.384. The Labute approximate surface area is 95.4 Å². The molecule has 86 valence electrons. The van der Waals surface area contributed by atoms with E-state index in [1.165, 1.54) is 30.5 Å². The maximum atomic E-state index is 11.9. The van der Waals surface area contributed by atoms with E-state index in [1.54, 1.807) is 0 Å². The summed E-state index contributed by atoms with van der Waals surface area (Å²) < 4.78 is 0. The minimum atomic E-state index is -0.527. The topological polar surface area (TPSA) is 115 Å². The number of nitrogens with two attached hydrogens (primary N) is 1. The van der Waals surface area contributed by atoms with Crippen LogP contribution in [0.4, 0.5) is 11.5 Å². The largest absolute Gasteiger partial charge is 0.383 e. The number of ketones is 1. The number of carbonyl (C=O) groups is 1. The zero-order valence-electron chi connectivity index (χ0n) is 8.58. The number of hydrogen-bond donors (Lipinski definition) is 2. The van der Waals surface area contributed by atoms with Gasteiger partial charge in [-0.1, -0.05) is 0 Å². The first-order valence-corrected chi connectivity index (χ1v) is 4.67. The van der Waals surface area contributed by atoms with E-state index < -0.39 is 4.92 Å². The number of hydrogen-bond acceptors (Lipinski definition) is 5. The van der Waals surface area contributed by atoms with Crippen LogP contribution in [0.2, 0.25) is 0 Å². The first kappa shape index (κ1) is 10.8. The Bertz CT molecular complexity index is 573. The van der Waals surface area contributed by atoms with Gasteiger partial charge >= 0.3 is 0 Å². The number of rotatable bonds is 3. The molecule has 0 fully saturated rings. The van der Waals surface area contributed by atoms with Gasteiger partial charge in [-0.25, -0.2) is 0 Å². The predicted molar refractivity (Wildman–Crippen MR) is 59.5 cm³/mol. The molecule has 2 aromatic rings. The van der Waals surface area contributed by atoms with Gasteiger partial charge in [0.1, 0.15) is 5.82 Å². The maximum absolute atomic E-state index is 11.9. The molecule has 0 atom stereocenters. The summed E-state index contributed by atoms with van der Waals surface area (Å²) in [7, 11) is 0. The molecule has 17 heavy (non-hydrogen) atoms. The van der Waals surface area contributed by atoms with Gasteiger partial charge in [0.2, 0.25) is 0 Å². The molecule has 3 N–H and O–H groups in total. The predicted octanol–water partition coefficient (Wildman–Crippen LogP) is 1.13. The fraction of sp³-hybridized carbons (Fsp3) is 0. The van der Waals surface area contributed by atoms with Crippen LogP contribution in [0, 0.1) is 10.1 Å². The Morgan fingerprint density at radius 2 is 2.00 bits per heavy atom. The number of nitro groups is 1. The van der Waals surface area contributed by atoms with Crippen molar-refractivity contribution in [2.45, 2.75) is 0 Å². The van der Waals surface area contributed by atoms with Crippen LogP contribution in [-0.2, 0) is 0 Å². The normalized spacial score (nSPS) is 10.1. The van der Waals surface area contributed by atoms with Crippen LogP contribution < -0.4 is 5.73 Å². The second-order valence-electron chi connectivity index (χ2n) is 3.33. The Morgan fingerprint density at radius 3 is 2.47 bits per heavy atom. The Kier molecular flexibility index (Phi) is 2.57. The average Bonchev–Trinajstić information content (AvgIpc) is 2.74. The lowest BCUT2D eigenvalue weighted by atomic mass is 10.1. The molecular formula is C10H8N4O3. The summed E-state index contributed by atoms with van der Waals surface area (Å²) >= 11 is 0. The van der Waals surface area contributed by atoms with E-state index >= 15 is 0 Å². The first-order valence-electron chi connectivity index (χ1n) is 4.67. The van der Waals surface area contributed by atoms with E-state index in [0.29, 0.717) is 5.56 Å². The van der Waals surface area contributed by atoms with Crippen LogP contribution in [0.3, 0.4) is 0 Å². The molecule has 0 aliphatic rings. The van der Waals surface area contributed by atoms with Crippen molar-refractivity contribution in [2.75, 3.05) is 5.73 Å². The van der Waals surface area contributed by atoms with Gasteiger partial charge in [0.05, 0.1) is 16.7 Å². The van der Waals surface area contributed by atoms with Crippen molar-refractivity contribution in [3.63, 3.8) is 0 Å². The number of nitrogens with zero attached hydrogens (tertiary/aromatic N) is 2. The summed E-state index contributed by atoms with van der Waals surface area (Å²) in [4.78, 5) is 21.8. The van der Waals surface area contributed by atoms with Gasteiger partial charge < -0.3 is 5.73 Å². The quantitative estimate of drug-likeness (QED) is 0.467. The number of nitrogen functional groups attached to an aromatic ring is 1. The highest BCUT2D eigenvalue weighted by atomic mass is 16.6. The molecule has 0 aliphatic carbocycles. The van der Waals surface area contributed by atoms with Crippen molar-refractivity contribution in [3.05, 3.63) is 51.7 Å². The number of nitrogens with one attached hydrogen (secondary N) is 1. The number of anilines is 1. The zero-order valence-corrected chi connectivity index (χ0v) is 8.58. The minimum Gasteiger partial charge on any atom is -0.383 e. The van der Waals surface area contributed by atoms with Gasteiger partial charge in [-0.05, 0) is 12.1 Å². The van der Waals surface area contributed by atoms with Crippen LogP contribution in [0.1, 0.15) is 15.9 Å². The molecule has 1 heterocycles. The number of aromatic amines is 1. The maximum Gasteiger partial charge on any atom is 0.269 e. The summed E-state index contributed by atoms with van der Waals surface area (Å²) in [6.45, 7) is 0. The summed E-state index contributed by atoms with van der Waals surface area (Å²) in [5.74, 6) is -0.153. The van der Waals surface area contributed by atoms with Crippen LogP contribution in [0.25, 0.3) is 0 Å². The number of aromatic nitrogens is 2. The Hall–Kier alpha value is -2.70. The van der Waals surface area contributed by atoms with E-state index in [1.807, 2.05) is 0 Å². The van der Waals surface area contributed by atoms with Crippen molar-refractivity contribution in [2.24, 2.45) is 0 Å². The fourth-order valence-corrected chi connectivity index (χ4v) is 1.37. The van der Waals surface area contributed by atoms with Crippen LogP contribution in [0.5, 0.6) is 0 Å². The number of H-pyrrole nitrogens is 1. The molecule has 0 unspecified atom stereocenters. The minimum absolute atomic E-state index is 0.0679. The van der Waals surface area contributed by atoms with Crippen LogP contribution in [0.15, 0.2) is 30.5 Å². The van der Waals surface area contributed by atoms with Gasteiger partial charge in [0.25, 0.3) is 5.69 Å². The number of nitro benzene ring substituents is 1.